The predicted octanol–water partition coefficient (Wildman–Crippen LogP) is 7.96. The summed E-state index contributed by atoms with van der Waals surface area (Å²) in [6.45, 7) is 9.28. The molecule has 0 saturated heterocycles. The Morgan fingerprint density at radius 1 is 1.03 bits per heavy atom. The third-order valence-electron chi connectivity index (χ3n) is 6.07. The number of imidazole rings is 1. The summed E-state index contributed by atoms with van der Waals surface area (Å²) in [5.74, 6) is 1.86. The van der Waals surface area contributed by atoms with Crippen LogP contribution in [-0.4, -0.2) is 9.55 Å². The summed E-state index contributed by atoms with van der Waals surface area (Å²) in [5, 5.41) is 1.45. The SMILES string of the molecule is CC(C)c1cc2sc3c(c2c(C(C)C)c1-n1ccnc1-c1ccccc1)C=CCC3. The highest BCUT2D eigenvalue weighted by molar-refractivity contribution is 7.19. The van der Waals surface area contributed by atoms with Crippen molar-refractivity contribution in [2.24, 2.45) is 0 Å². The van der Waals surface area contributed by atoms with E-state index in [9.17, 15) is 0 Å². The first kappa shape index (κ1) is 19.3. The Labute approximate surface area is 182 Å². The zero-order valence-electron chi connectivity index (χ0n) is 18.1. The van der Waals surface area contributed by atoms with Gasteiger partial charge in [0.15, 0.2) is 0 Å². The number of aromatic nitrogens is 2. The molecule has 152 valence electrons. The van der Waals surface area contributed by atoms with Crippen LogP contribution in [0.4, 0.5) is 0 Å². The van der Waals surface area contributed by atoms with E-state index in [-0.39, 0.29) is 0 Å². The van der Waals surface area contributed by atoms with Crippen LogP contribution in [0.5, 0.6) is 0 Å². The van der Waals surface area contributed by atoms with E-state index < -0.39 is 0 Å². The van der Waals surface area contributed by atoms with Crippen LogP contribution in [0.3, 0.4) is 0 Å². The smallest absolute Gasteiger partial charge is 0.144 e. The van der Waals surface area contributed by atoms with Crippen LogP contribution < -0.4 is 0 Å². The van der Waals surface area contributed by atoms with Crippen LogP contribution in [0.2, 0.25) is 0 Å². The van der Waals surface area contributed by atoms with Gasteiger partial charge in [-0.3, -0.25) is 4.57 Å². The molecule has 2 aromatic carbocycles. The van der Waals surface area contributed by atoms with Crippen LogP contribution in [0.15, 0.2) is 54.9 Å². The molecule has 2 aromatic heterocycles. The summed E-state index contributed by atoms with van der Waals surface area (Å²) in [5.41, 5.74) is 6.78. The third-order valence-corrected chi connectivity index (χ3v) is 7.28. The maximum Gasteiger partial charge on any atom is 0.144 e. The molecule has 0 unspecified atom stereocenters. The molecule has 0 spiro atoms. The van der Waals surface area contributed by atoms with Gasteiger partial charge in [0.2, 0.25) is 0 Å². The Hall–Kier alpha value is -2.65. The second-order valence-electron chi connectivity index (χ2n) is 8.78. The van der Waals surface area contributed by atoms with E-state index in [1.54, 1.807) is 0 Å². The monoisotopic (exact) mass is 412 g/mol. The van der Waals surface area contributed by atoms with Crippen molar-refractivity contribution in [3.8, 4) is 17.1 Å². The Morgan fingerprint density at radius 2 is 1.83 bits per heavy atom. The van der Waals surface area contributed by atoms with Gasteiger partial charge in [-0.25, -0.2) is 4.98 Å². The van der Waals surface area contributed by atoms with Crippen molar-refractivity contribution in [1.82, 2.24) is 9.55 Å². The van der Waals surface area contributed by atoms with Crippen molar-refractivity contribution in [3.05, 3.63) is 76.4 Å². The van der Waals surface area contributed by atoms with Gasteiger partial charge in [0.1, 0.15) is 5.82 Å². The molecule has 2 nitrogen and oxygen atoms in total. The first-order valence-corrected chi connectivity index (χ1v) is 11.8. The maximum atomic E-state index is 4.77. The zero-order valence-corrected chi connectivity index (χ0v) is 19.0. The number of fused-ring (bicyclic) bond motifs is 3. The summed E-state index contributed by atoms with van der Waals surface area (Å²) >= 11 is 1.99. The fraction of sp³-hybridized carbons (Fsp3) is 0.296. The second kappa shape index (κ2) is 7.55. The van der Waals surface area contributed by atoms with Crippen molar-refractivity contribution < 1.29 is 0 Å². The minimum Gasteiger partial charge on any atom is -0.299 e. The Balaban J connectivity index is 1.89. The molecule has 0 aliphatic heterocycles. The van der Waals surface area contributed by atoms with E-state index in [0.29, 0.717) is 11.8 Å². The molecule has 30 heavy (non-hydrogen) atoms. The number of rotatable bonds is 4. The highest BCUT2D eigenvalue weighted by atomic mass is 32.1. The number of allylic oxidation sites excluding steroid dienone is 1. The van der Waals surface area contributed by atoms with Crippen LogP contribution in [0, 0.1) is 0 Å². The van der Waals surface area contributed by atoms with Gasteiger partial charge in [-0.2, -0.15) is 0 Å². The van der Waals surface area contributed by atoms with Crippen LogP contribution in [-0.2, 0) is 6.42 Å². The lowest BCUT2D eigenvalue weighted by Gasteiger charge is -2.23. The molecule has 4 aromatic rings. The summed E-state index contributed by atoms with van der Waals surface area (Å²) in [4.78, 5) is 6.31. The number of benzene rings is 2. The molecule has 3 heteroatoms. The highest BCUT2D eigenvalue weighted by Gasteiger charge is 2.25. The van der Waals surface area contributed by atoms with Crippen molar-refractivity contribution in [2.75, 3.05) is 0 Å². The first-order chi connectivity index (χ1) is 14.6. The lowest BCUT2D eigenvalue weighted by molar-refractivity contribution is 0.815. The molecular formula is C27H28N2S. The highest BCUT2D eigenvalue weighted by Crippen LogP contribution is 2.45. The molecule has 0 radical (unpaired) electrons. The van der Waals surface area contributed by atoms with Gasteiger partial charge in [0.25, 0.3) is 0 Å². The fourth-order valence-corrected chi connectivity index (χ4v) is 5.98. The summed E-state index contributed by atoms with van der Waals surface area (Å²) in [6, 6.07) is 13.0. The van der Waals surface area contributed by atoms with Crippen LogP contribution in [0.1, 0.15) is 67.5 Å². The lowest BCUT2D eigenvalue weighted by Crippen LogP contribution is -2.09. The largest absolute Gasteiger partial charge is 0.299 e. The third kappa shape index (κ3) is 3.04. The molecule has 5 rings (SSSR count). The van der Waals surface area contributed by atoms with Crippen LogP contribution >= 0.6 is 11.3 Å². The quantitative estimate of drug-likeness (QED) is 0.332. The van der Waals surface area contributed by atoms with E-state index in [4.69, 9.17) is 4.98 Å². The standard InChI is InChI=1S/C27H28N2S/c1-17(2)21-16-23-25(20-12-8-9-13-22(20)30-23)24(18(3)4)26(21)29-15-14-28-27(29)19-10-6-5-7-11-19/h5-8,10-12,14-18H,9,13H2,1-4H3. The van der Waals surface area contributed by atoms with E-state index in [1.165, 1.54) is 37.3 Å². The van der Waals surface area contributed by atoms with E-state index >= 15 is 0 Å². The predicted molar refractivity (Wildman–Crippen MR) is 130 cm³/mol. The van der Waals surface area contributed by atoms with Gasteiger partial charge < -0.3 is 0 Å². The van der Waals surface area contributed by atoms with Crippen molar-refractivity contribution in [2.45, 2.75) is 52.4 Å². The maximum absolute atomic E-state index is 4.77. The summed E-state index contributed by atoms with van der Waals surface area (Å²) in [6.07, 6.45) is 11.1. The minimum atomic E-state index is 0.418. The number of hydrogen-bond acceptors (Lipinski definition) is 2. The molecule has 0 saturated carbocycles. The van der Waals surface area contributed by atoms with Gasteiger partial charge in [-0.05, 0) is 47.4 Å². The molecule has 0 amide bonds. The van der Waals surface area contributed by atoms with Gasteiger partial charge in [-0.1, -0.05) is 70.2 Å². The van der Waals surface area contributed by atoms with Gasteiger partial charge in [-0.15, -0.1) is 11.3 Å². The number of hydrogen-bond donors (Lipinski definition) is 0. The summed E-state index contributed by atoms with van der Waals surface area (Å²) < 4.78 is 3.76. The Morgan fingerprint density at radius 3 is 2.57 bits per heavy atom. The van der Waals surface area contributed by atoms with Crippen molar-refractivity contribution >= 4 is 27.5 Å². The Kier molecular flexibility index (Phi) is 4.86. The van der Waals surface area contributed by atoms with E-state index in [0.717, 1.165) is 24.2 Å². The molecule has 0 atom stereocenters. The average Bonchev–Trinajstić information content (AvgIpc) is 3.37. The van der Waals surface area contributed by atoms with Gasteiger partial charge in [0, 0.05) is 32.9 Å². The lowest BCUT2D eigenvalue weighted by atomic mass is 9.87. The van der Waals surface area contributed by atoms with Crippen LogP contribution in [0.25, 0.3) is 33.2 Å². The van der Waals surface area contributed by atoms with Crippen molar-refractivity contribution in [1.29, 1.82) is 0 Å². The number of thiophene rings is 1. The molecule has 0 fully saturated rings. The first-order valence-electron chi connectivity index (χ1n) is 10.9. The molecule has 2 heterocycles. The van der Waals surface area contributed by atoms with Gasteiger partial charge >= 0.3 is 0 Å². The minimum absolute atomic E-state index is 0.418. The second-order valence-corrected chi connectivity index (χ2v) is 9.91. The normalized spacial score (nSPS) is 13.5. The van der Waals surface area contributed by atoms with E-state index in [1.807, 2.05) is 17.5 Å². The van der Waals surface area contributed by atoms with Crippen molar-refractivity contribution in [3.63, 3.8) is 0 Å². The average molecular weight is 413 g/mol. The molecule has 0 N–H and O–H groups in total. The van der Waals surface area contributed by atoms with E-state index in [2.05, 4.69) is 87.0 Å². The molecule has 0 bridgehead atoms. The topological polar surface area (TPSA) is 17.8 Å². The molecule has 1 aliphatic carbocycles. The van der Waals surface area contributed by atoms with Gasteiger partial charge in [0.05, 0.1) is 5.69 Å². The summed E-state index contributed by atoms with van der Waals surface area (Å²) in [7, 11) is 0. The number of nitrogens with zero attached hydrogens (tertiary/aromatic N) is 2. The molecular weight excluding hydrogens is 384 g/mol. The molecule has 1 aliphatic rings. The Bertz CT molecular complexity index is 1240. The fourth-order valence-electron chi connectivity index (χ4n) is 4.71. The zero-order chi connectivity index (χ0) is 20.8. The number of aryl methyl sites for hydroxylation is 1.